The molecule has 0 unspecified atom stereocenters. The third kappa shape index (κ3) is 4.90. The van der Waals surface area contributed by atoms with Crippen molar-refractivity contribution < 1.29 is 13.2 Å². The zero-order valence-electron chi connectivity index (χ0n) is 8.23. The lowest BCUT2D eigenvalue weighted by molar-refractivity contribution is 0.343. The minimum absolute atomic E-state index is 0.393. The number of nitrogens with one attached hydrogen (secondary N) is 1. The fourth-order valence-electron chi connectivity index (χ4n) is 1.02. The Morgan fingerprint density at radius 2 is 2.20 bits per heavy atom. The topological polar surface area (TPSA) is 55.4 Å². The number of hydrogen-bond acceptors (Lipinski definition) is 3. The number of hydrogen-bond donors (Lipinski definition) is 1. The van der Waals surface area contributed by atoms with Crippen molar-refractivity contribution in [1.29, 1.82) is 0 Å². The molecule has 0 bridgehead atoms. The van der Waals surface area contributed by atoms with E-state index in [0.717, 1.165) is 6.26 Å². The van der Waals surface area contributed by atoms with Crippen molar-refractivity contribution in [2.45, 2.75) is 0 Å². The van der Waals surface area contributed by atoms with Gasteiger partial charge < -0.3 is 4.74 Å². The molecule has 15 heavy (non-hydrogen) atoms. The molecule has 0 amide bonds. The van der Waals surface area contributed by atoms with E-state index in [2.05, 4.69) is 4.72 Å². The van der Waals surface area contributed by atoms with Gasteiger partial charge in [-0.25, -0.2) is 8.42 Å². The van der Waals surface area contributed by atoms with Crippen LogP contribution < -0.4 is 9.46 Å². The number of sulfonamides is 1. The van der Waals surface area contributed by atoms with Gasteiger partial charge >= 0.3 is 0 Å². The van der Waals surface area contributed by atoms with Gasteiger partial charge in [0, 0.05) is 6.07 Å². The van der Waals surface area contributed by atoms with Gasteiger partial charge in [-0.1, -0.05) is 6.07 Å². The van der Waals surface area contributed by atoms with E-state index in [-0.39, 0.29) is 0 Å². The summed E-state index contributed by atoms with van der Waals surface area (Å²) in [6.07, 6.45) is 1.10. The van der Waals surface area contributed by atoms with Gasteiger partial charge in [-0.3, -0.25) is 4.72 Å². The largest absolute Gasteiger partial charge is 0.492 e. The van der Waals surface area contributed by atoms with Gasteiger partial charge in [0.25, 0.3) is 0 Å². The molecule has 0 saturated carbocycles. The molecule has 1 aromatic rings. The monoisotopic (exact) mass is 249 g/mol. The van der Waals surface area contributed by atoms with Crippen LogP contribution in [0.3, 0.4) is 0 Å². The maximum absolute atomic E-state index is 11.0. The van der Waals surface area contributed by atoms with Crippen LogP contribution in [-0.4, -0.2) is 27.2 Å². The number of benzene rings is 1. The Hall–Kier alpha value is -0.940. The highest BCUT2D eigenvalue weighted by molar-refractivity contribution is 7.92. The quantitative estimate of drug-likeness (QED) is 0.808. The zero-order valence-corrected chi connectivity index (χ0v) is 9.81. The van der Waals surface area contributed by atoms with Gasteiger partial charge in [-0.15, -0.1) is 11.6 Å². The Labute approximate surface area is 94.3 Å². The third-order valence-electron chi connectivity index (χ3n) is 1.48. The Bertz CT molecular complexity index is 419. The van der Waals surface area contributed by atoms with Gasteiger partial charge in [0.2, 0.25) is 10.0 Å². The molecule has 0 aromatic heterocycles. The smallest absolute Gasteiger partial charge is 0.229 e. The van der Waals surface area contributed by atoms with Gasteiger partial charge in [-0.05, 0) is 12.1 Å². The van der Waals surface area contributed by atoms with Crippen LogP contribution in [0.15, 0.2) is 24.3 Å². The number of rotatable bonds is 5. The first kappa shape index (κ1) is 12.1. The summed E-state index contributed by atoms with van der Waals surface area (Å²) in [5.41, 5.74) is 0.476. The van der Waals surface area contributed by atoms with Crippen LogP contribution in [0.2, 0.25) is 0 Å². The predicted molar refractivity (Wildman–Crippen MR) is 61.1 cm³/mol. The molecule has 0 aliphatic carbocycles. The molecule has 0 aliphatic heterocycles. The summed E-state index contributed by atoms with van der Waals surface area (Å²) in [7, 11) is -3.25. The fraction of sp³-hybridized carbons (Fsp3) is 0.333. The first-order valence-corrected chi connectivity index (χ1v) is 6.70. The number of ether oxygens (including phenoxy) is 1. The SMILES string of the molecule is CS(=O)(=O)Nc1cccc(OCCCl)c1. The van der Waals surface area contributed by atoms with Crippen LogP contribution in [0.4, 0.5) is 5.69 Å². The minimum Gasteiger partial charge on any atom is -0.492 e. The van der Waals surface area contributed by atoms with Crippen molar-refractivity contribution in [2.75, 3.05) is 23.5 Å². The first-order valence-electron chi connectivity index (χ1n) is 4.28. The Morgan fingerprint density at radius 3 is 2.80 bits per heavy atom. The Morgan fingerprint density at radius 1 is 1.47 bits per heavy atom. The highest BCUT2D eigenvalue weighted by Gasteiger charge is 2.02. The van der Waals surface area contributed by atoms with Gasteiger partial charge in [-0.2, -0.15) is 0 Å². The summed E-state index contributed by atoms with van der Waals surface area (Å²) in [5.74, 6) is 0.980. The molecule has 0 spiro atoms. The summed E-state index contributed by atoms with van der Waals surface area (Å²) in [4.78, 5) is 0. The normalized spacial score (nSPS) is 11.1. The van der Waals surface area contributed by atoms with Crippen LogP contribution in [0.1, 0.15) is 0 Å². The van der Waals surface area contributed by atoms with E-state index >= 15 is 0 Å². The van der Waals surface area contributed by atoms with Crippen LogP contribution in [0.25, 0.3) is 0 Å². The first-order chi connectivity index (χ1) is 7.01. The summed E-state index contributed by atoms with van der Waals surface area (Å²) >= 11 is 5.46. The van der Waals surface area contributed by atoms with Crippen LogP contribution >= 0.6 is 11.6 Å². The van der Waals surface area contributed by atoms with Crippen molar-refractivity contribution in [1.82, 2.24) is 0 Å². The second-order valence-corrected chi connectivity index (χ2v) is 5.07. The molecular weight excluding hydrogens is 238 g/mol. The summed E-state index contributed by atoms with van der Waals surface area (Å²) in [5, 5.41) is 0. The molecule has 1 rings (SSSR count). The van der Waals surface area contributed by atoms with E-state index in [1.165, 1.54) is 0 Å². The second-order valence-electron chi connectivity index (χ2n) is 2.94. The molecule has 0 atom stereocenters. The van der Waals surface area contributed by atoms with Crippen molar-refractivity contribution in [3.05, 3.63) is 24.3 Å². The van der Waals surface area contributed by atoms with E-state index in [4.69, 9.17) is 16.3 Å². The molecule has 84 valence electrons. The molecular formula is C9H12ClNO3S. The number of alkyl halides is 1. The molecule has 4 nitrogen and oxygen atoms in total. The Balaban J connectivity index is 2.74. The van der Waals surface area contributed by atoms with Gasteiger partial charge in [0.1, 0.15) is 12.4 Å². The molecule has 0 heterocycles. The van der Waals surface area contributed by atoms with Crippen molar-refractivity contribution in [3.8, 4) is 5.75 Å². The average molecular weight is 250 g/mol. The molecule has 0 fully saturated rings. The van der Waals surface area contributed by atoms with Gasteiger partial charge in [0.15, 0.2) is 0 Å². The molecule has 1 aromatic carbocycles. The van der Waals surface area contributed by atoms with Crippen LogP contribution in [0, 0.1) is 0 Å². The number of anilines is 1. The minimum atomic E-state index is -3.25. The van der Waals surface area contributed by atoms with Crippen molar-refractivity contribution >= 4 is 27.3 Å². The molecule has 6 heteroatoms. The lowest BCUT2D eigenvalue weighted by Gasteiger charge is -2.07. The zero-order chi connectivity index (χ0) is 11.3. The maximum atomic E-state index is 11.0. The van der Waals surface area contributed by atoms with Crippen molar-refractivity contribution in [3.63, 3.8) is 0 Å². The average Bonchev–Trinajstić information content (AvgIpc) is 2.12. The van der Waals surface area contributed by atoms with Gasteiger partial charge in [0.05, 0.1) is 17.8 Å². The maximum Gasteiger partial charge on any atom is 0.229 e. The molecule has 0 radical (unpaired) electrons. The third-order valence-corrected chi connectivity index (χ3v) is 2.24. The van der Waals surface area contributed by atoms with Crippen LogP contribution in [-0.2, 0) is 10.0 Å². The fourth-order valence-corrected chi connectivity index (χ4v) is 1.65. The number of halogens is 1. The van der Waals surface area contributed by atoms with E-state index in [1.807, 2.05) is 0 Å². The molecule has 0 aliphatic rings. The lowest BCUT2D eigenvalue weighted by Crippen LogP contribution is -2.09. The highest BCUT2D eigenvalue weighted by Crippen LogP contribution is 2.17. The Kier molecular flexibility index (Phi) is 4.23. The van der Waals surface area contributed by atoms with E-state index < -0.39 is 10.0 Å². The summed E-state index contributed by atoms with van der Waals surface area (Å²) < 4.78 is 29.5. The predicted octanol–water partition coefficient (Wildman–Crippen LogP) is 1.68. The lowest BCUT2D eigenvalue weighted by atomic mass is 10.3. The van der Waals surface area contributed by atoms with E-state index in [9.17, 15) is 8.42 Å². The molecule has 0 saturated heterocycles. The molecule has 1 N–H and O–H groups in total. The highest BCUT2D eigenvalue weighted by atomic mass is 35.5. The van der Waals surface area contributed by atoms with Crippen molar-refractivity contribution in [2.24, 2.45) is 0 Å². The van der Waals surface area contributed by atoms with E-state index in [0.29, 0.717) is 23.9 Å². The summed E-state index contributed by atoms with van der Waals surface area (Å²) in [6.45, 7) is 0.393. The van der Waals surface area contributed by atoms with E-state index in [1.54, 1.807) is 24.3 Å². The van der Waals surface area contributed by atoms with Crippen LogP contribution in [0.5, 0.6) is 5.75 Å². The standard InChI is InChI=1S/C9H12ClNO3S/c1-15(12,13)11-8-3-2-4-9(7-8)14-6-5-10/h2-4,7,11H,5-6H2,1H3. The summed E-state index contributed by atoms with van der Waals surface area (Å²) in [6, 6.07) is 6.69. The second kappa shape index (κ2) is 5.23.